The maximum atomic E-state index is 11.5. The lowest BCUT2D eigenvalue weighted by Gasteiger charge is -2.42. The number of nitrogens with zero attached hydrogens (tertiary/aromatic N) is 2. The highest BCUT2D eigenvalue weighted by Crippen LogP contribution is 2.19. The summed E-state index contributed by atoms with van der Waals surface area (Å²) in [6, 6.07) is 0.501. The van der Waals surface area contributed by atoms with Gasteiger partial charge in [0.1, 0.15) is 0 Å². The monoisotopic (exact) mass is 183 g/mol. The Morgan fingerprint density at radius 1 is 1.69 bits per heavy atom. The first kappa shape index (κ1) is 10.2. The summed E-state index contributed by atoms with van der Waals surface area (Å²) in [4.78, 5) is 17.3. The minimum atomic E-state index is 0.0537. The third kappa shape index (κ3) is 2.28. The predicted octanol–water partition coefficient (Wildman–Crippen LogP) is 0.243. The van der Waals surface area contributed by atoms with Crippen LogP contribution in [0.3, 0.4) is 0 Å². The molecule has 4 nitrogen and oxygen atoms in total. The van der Waals surface area contributed by atoms with Crippen molar-refractivity contribution < 1.29 is 4.79 Å². The molecule has 0 aromatic heterocycles. The number of hydrogen-bond donors (Lipinski definition) is 1. The first-order valence-corrected chi connectivity index (χ1v) is 4.63. The quantitative estimate of drug-likeness (QED) is 0.503. The summed E-state index contributed by atoms with van der Waals surface area (Å²) in [6.45, 7) is 5.24. The molecule has 0 aromatic carbocycles. The normalized spacial score (nSPS) is 23.5. The van der Waals surface area contributed by atoms with E-state index >= 15 is 0 Å². The van der Waals surface area contributed by atoms with Crippen LogP contribution < -0.4 is 5.32 Å². The fourth-order valence-electron chi connectivity index (χ4n) is 1.53. The minimum Gasteiger partial charge on any atom is -0.316 e. The first-order chi connectivity index (χ1) is 6.16. The second-order valence-corrected chi connectivity index (χ2v) is 3.53. The molecule has 0 aromatic rings. The summed E-state index contributed by atoms with van der Waals surface area (Å²) in [5, 5.41) is 2.65. The Bertz CT molecular complexity index is 213. The summed E-state index contributed by atoms with van der Waals surface area (Å²) in [5.74, 6) is 0.0607. The van der Waals surface area contributed by atoms with Gasteiger partial charge >= 0.3 is 0 Å². The van der Waals surface area contributed by atoms with Crippen molar-refractivity contribution in [2.75, 3.05) is 13.6 Å². The van der Waals surface area contributed by atoms with Crippen molar-refractivity contribution in [1.29, 1.82) is 0 Å². The lowest BCUT2D eigenvalue weighted by atomic mass is 10.00. The van der Waals surface area contributed by atoms with Crippen LogP contribution in [-0.4, -0.2) is 42.8 Å². The predicted molar refractivity (Wildman–Crippen MR) is 52.8 cm³/mol. The molecule has 4 heteroatoms. The number of likely N-dealkylation sites (tertiary alicyclic amines) is 1. The van der Waals surface area contributed by atoms with Crippen LogP contribution >= 0.6 is 0 Å². The third-order valence-electron chi connectivity index (χ3n) is 2.36. The van der Waals surface area contributed by atoms with Gasteiger partial charge in [-0.05, 0) is 20.3 Å². The van der Waals surface area contributed by atoms with Gasteiger partial charge in [0.2, 0.25) is 5.91 Å². The Morgan fingerprint density at radius 3 is 2.77 bits per heavy atom. The molecule has 0 radical (unpaired) electrons. The van der Waals surface area contributed by atoms with Crippen molar-refractivity contribution in [3.05, 3.63) is 0 Å². The first-order valence-electron chi connectivity index (χ1n) is 4.63. The van der Waals surface area contributed by atoms with Crippen molar-refractivity contribution >= 4 is 12.2 Å². The number of hydrogen-bond acceptors (Lipinski definition) is 3. The van der Waals surface area contributed by atoms with Crippen LogP contribution in [0.2, 0.25) is 0 Å². The van der Waals surface area contributed by atoms with E-state index in [-0.39, 0.29) is 11.9 Å². The van der Waals surface area contributed by atoms with E-state index < -0.39 is 0 Å². The molecule has 1 amide bonds. The summed E-state index contributed by atoms with van der Waals surface area (Å²) in [6.07, 6.45) is 2.40. The fourth-order valence-corrected chi connectivity index (χ4v) is 1.53. The number of carbonyl (C=O) groups is 1. The number of rotatable bonds is 3. The van der Waals surface area contributed by atoms with Gasteiger partial charge < -0.3 is 5.32 Å². The fraction of sp³-hybridized carbons (Fsp3) is 0.778. The van der Waals surface area contributed by atoms with E-state index in [0.29, 0.717) is 6.04 Å². The average Bonchev–Trinajstić information content (AvgIpc) is 1.97. The number of amides is 1. The minimum absolute atomic E-state index is 0.0537. The summed E-state index contributed by atoms with van der Waals surface area (Å²) in [5.41, 5.74) is 0. The standard InChI is InChI=1S/C9H17N3O/c1-7(2)12-5-4-8(12)9(13)11-6-10-3/h6-8H,4-5H2,1-3H3,(H,10,11,13)/t8-/m0/s1. The van der Waals surface area contributed by atoms with Gasteiger partial charge in [0.05, 0.1) is 12.4 Å². The molecule has 1 atom stereocenters. The molecule has 13 heavy (non-hydrogen) atoms. The van der Waals surface area contributed by atoms with Gasteiger partial charge in [-0.1, -0.05) is 0 Å². The molecule has 0 spiro atoms. The van der Waals surface area contributed by atoms with Crippen LogP contribution in [0.5, 0.6) is 0 Å². The van der Waals surface area contributed by atoms with Crippen LogP contribution in [0.1, 0.15) is 20.3 Å². The van der Waals surface area contributed by atoms with E-state index in [1.165, 1.54) is 6.34 Å². The Morgan fingerprint density at radius 2 is 2.38 bits per heavy atom. The van der Waals surface area contributed by atoms with Crippen LogP contribution in [-0.2, 0) is 4.79 Å². The lowest BCUT2D eigenvalue weighted by Crippen LogP contribution is -2.58. The van der Waals surface area contributed by atoms with Gasteiger partial charge in [0.15, 0.2) is 0 Å². The molecule has 1 fully saturated rings. The van der Waals surface area contributed by atoms with E-state index in [0.717, 1.165) is 13.0 Å². The van der Waals surface area contributed by atoms with Crippen molar-refractivity contribution in [1.82, 2.24) is 10.2 Å². The zero-order valence-electron chi connectivity index (χ0n) is 8.45. The Labute approximate surface area is 79.0 Å². The van der Waals surface area contributed by atoms with E-state index in [4.69, 9.17) is 0 Å². The van der Waals surface area contributed by atoms with Crippen LogP contribution in [0, 0.1) is 0 Å². The SMILES string of the molecule is C/N=C\NC(=O)[C@@H]1CCN1C(C)C. The molecule has 0 bridgehead atoms. The lowest BCUT2D eigenvalue weighted by molar-refractivity contribution is -0.130. The molecule has 74 valence electrons. The topological polar surface area (TPSA) is 44.7 Å². The van der Waals surface area contributed by atoms with Gasteiger partial charge in [-0.15, -0.1) is 0 Å². The molecule has 1 N–H and O–H groups in total. The molecule has 0 aliphatic carbocycles. The highest BCUT2D eigenvalue weighted by Gasteiger charge is 2.35. The Balaban J connectivity index is 2.39. The molecule has 1 rings (SSSR count). The van der Waals surface area contributed by atoms with E-state index in [1.54, 1.807) is 7.05 Å². The second-order valence-electron chi connectivity index (χ2n) is 3.53. The zero-order valence-corrected chi connectivity index (χ0v) is 8.45. The van der Waals surface area contributed by atoms with Crippen molar-refractivity contribution in [2.45, 2.75) is 32.4 Å². The average molecular weight is 183 g/mol. The summed E-state index contributed by atoms with van der Waals surface area (Å²) >= 11 is 0. The highest BCUT2D eigenvalue weighted by atomic mass is 16.2. The van der Waals surface area contributed by atoms with E-state index in [1.807, 2.05) is 0 Å². The summed E-state index contributed by atoms with van der Waals surface area (Å²) < 4.78 is 0. The molecule has 1 aliphatic rings. The van der Waals surface area contributed by atoms with Crippen molar-refractivity contribution in [2.24, 2.45) is 4.99 Å². The largest absolute Gasteiger partial charge is 0.316 e. The van der Waals surface area contributed by atoms with Gasteiger partial charge in [-0.2, -0.15) is 0 Å². The maximum Gasteiger partial charge on any atom is 0.242 e. The zero-order chi connectivity index (χ0) is 9.84. The van der Waals surface area contributed by atoms with Gasteiger partial charge in [-0.3, -0.25) is 14.7 Å². The Hall–Kier alpha value is -0.900. The van der Waals surface area contributed by atoms with Crippen LogP contribution in [0.25, 0.3) is 0 Å². The number of carbonyl (C=O) groups excluding carboxylic acids is 1. The summed E-state index contributed by atoms with van der Waals surface area (Å²) in [7, 11) is 1.64. The van der Waals surface area contributed by atoms with Crippen LogP contribution in [0.15, 0.2) is 4.99 Å². The Kier molecular flexibility index (Phi) is 3.42. The molecule has 1 saturated heterocycles. The number of aliphatic imine (C=N–C) groups is 1. The molecular formula is C9H17N3O. The molecule has 0 saturated carbocycles. The van der Waals surface area contributed by atoms with E-state index in [2.05, 4.69) is 29.1 Å². The van der Waals surface area contributed by atoms with Gasteiger partial charge in [0, 0.05) is 19.6 Å². The molecule has 1 aliphatic heterocycles. The van der Waals surface area contributed by atoms with Crippen LogP contribution in [0.4, 0.5) is 0 Å². The van der Waals surface area contributed by atoms with Gasteiger partial charge in [-0.25, -0.2) is 0 Å². The third-order valence-corrected chi connectivity index (χ3v) is 2.36. The highest BCUT2D eigenvalue weighted by molar-refractivity contribution is 5.91. The molecule has 1 heterocycles. The van der Waals surface area contributed by atoms with Crippen molar-refractivity contribution in [3.8, 4) is 0 Å². The molecular weight excluding hydrogens is 166 g/mol. The molecule has 0 unspecified atom stereocenters. The number of nitrogens with one attached hydrogen (secondary N) is 1. The maximum absolute atomic E-state index is 11.5. The van der Waals surface area contributed by atoms with Crippen molar-refractivity contribution in [3.63, 3.8) is 0 Å². The van der Waals surface area contributed by atoms with E-state index in [9.17, 15) is 4.79 Å². The van der Waals surface area contributed by atoms with Gasteiger partial charge in [0.25, 0.3) is 0 Å². The smallest absolute Gasteiger partial charge is 0.242 e. The second kappa shape index (κ2) is 4.37.